The molecule has 2 N–H and O–H groups in total. The van der Waals surface area contributed by atoms with E-state index < -0.39 is 0 Å². The maximum absolute atomic E-state index is 10.00. The lowest BCUT2D eigenvalue weighted by Gasteiger charge is -2.28. The second-order valence-electron chi connectivity index (χ2n) is 5.41. The van der Waals surface area contributed by atoms with Gasteiger partial charge in [0.25, 0.3) is 0 Å². The molecule has 0 aromatic rings. The van der Waals surface area contributed by atoms with Crippen LogP contribution in [0.15, 0.2) is 0 Å². The van der Waals surface area contributed by atoms with Crippen LogP contribution in [0.5, 0.6) is 0 Å². The average Bonchev–Trinajstić information content (AvgIpc) is 2.84. The molecule has 4 atom stereocenters. The zero-order valence-electron chi connectivity index (χ0n) is 9.37. The number of aliphatic hydroxyl groups excluding tert-OH is 1. The van der Waals surface area contributed by atoms with E-state index in [1.807, 2.05) is 0 Å². The molecule has 2 saturated carbocycles. The first-order valence-corrected chi connectivity index (χ1v) is 6.11. The highest BCUT2D eigenvalue weighted by Gasteiger charge is 2.39. The lowest BCUT2D eigenvalue weighted by atomic mass is 9.94. The van der Waals surface area contributed by atoms with Gasteiger partial charge < -0.3 is 10.4 Å². The molecule has 0 unspecified atom stereocenters. The fourth-order valence-corrected chi connectivity index (χ4v) is 2.81. The first-order valence-electron chi connectivity index (χ1n) is 6.11. The fourth-order valence-electron chi connectivity index (χ4n) is 2.81. The van der Waals surface area contributed by atoms with Crippen LogP contribution in [0, 0.1) is 11.8 Å². The number of hydrogen-bond acceptors (Lipinski definition) is 2. The Hall–Kier alpha value is -0.0800. The number of nitrogens with one attached hydrogen (secondary N) is 1. The number of rotatable bonds is 2. The monoisotopic (exact) mass is 197 g/mol. The second-order valence-corrected chi connectivity index (χ2v) is 5.41. The minimum absolute atomic E-state index is 0.112. The fraction of sp³-hybridized carbons (Fsp3) is 1.00. The Morgan fingerprint density at radius 1 is 1.07 bits per heavy atom. The molecule has 2 aliphatic carbocycles. The molecular formula is C12H23NO. The highest BCUT2D eigenvalue weighted by molar-refractivity contribution is 4.92. The minimum Gasteiger partial charge on any atom is -0.392 e. The molecule has 0 aliphatic heterocycles. The standard InChI is InChI=1S/C12H23NO/c1-8(2)13-11-5-3-9-7-10(9)4-6-12(11)14/h8-14H,3-7H2,1-2H3/t9-,10+,11-,12-/m1/s1. The summed E-state index contributed by atoms with van der Waals surface area (Å²) in [6.07, 6.45) is 6.07. The van der Waals surface area contributed by atoms with Crippen molar-refractivity contribution in [2.24, 2.45) is 11.8 Å². The van der Waals surface area contributed by atoms with Gasteiger partial charge in [0.1, 0.15) is 0 Å². The zero-order chi connectivity index (χ0) is 10.1. The topological polar surface area (TPSA) is 32.3 Å². The maximum Gasteiger partial charge on any atom is 0.0693 e. The SMILES string of the molecule is CC(C)N[C@@H]1CC[C@@H]2C[C@@H]2CC[C@H]1O. The molecule has 2 aliphatic rings. The summed E-state index contributed by atoms with van der Waals surface area (Å²) < 4.78 is 0. The average molecular weight is 197 g/mol. The summed E-state index contributed by atoms with van der Waals surface area (Å²) in [5.41, 5.74) is 0. The van der Waals surface area contributed by atoms with Gasteiger partial charge in [-0.1, -0.05) is 13.8 Å². The molecule has 0 spiro atoms. The molecule has 2 rings (SSSR count). The molecule has 82 valence electrons. The molecule has 14 heavy (non-hydrogen) atoms. The van der Waals surface area contributed by atoms with Crippen LogP contribution < -0.4 is 5.32 Å². The van der Waals surface area contributed by atoms with Crippen LogP contribution in [0.25, 0.3) is 0 Å². The molecular weight excluding hydrogens is 174 g/mol. The van der Waals surface area contributed by atoms with E-state index in [-0.39, 0.29) is 6.10 Å². The smallest absolute Gasteiger partial charge is 0.0693 e. The third-order valence-corrected chi connectivity index (χ3v) is 3.76. The van der Waals surface area contributed by atoms with Crippen molar-refractivity contribution in [3.05, 3.63) is 0 Å². The van der Waals surface area contributed by atoms with Gasteiger partial charge in [0.2, 0.25) is 0 Å². The quantitative estimate of drug-likeness (QED) is 0.709. The molecule has 2 heteroatoms. The normalized spacial score (nSPS) is 42.9. The Bertz CT molecular complexity index is 193. The molecule has 2 fully saturated rings. The van der Waals surface area contributed by atoms with Crippen LogP contribution >= 0.6 is 0 Å². The van der Waals surface area contributed by atoms with Crippen LogP contribution in [0.2, 0.25) is 0 Å². The summed E-state index contributed by atoms with van der Waals surface area (Å²) in [4.78, 5) is 0. The molecule has 0 aromatic heterocycles. The van der Waals surface area contributed by atoms with E-state index in [1.165, 1.54) is 25.7 Å². The number of hydrogen-bond donors (Lipinski definition) is 2. The largest absolute Gasteiger partial charge is 0.392 e. The van der Waals surface area contributed by atoms with Gasteiger partial charge in [-0.2, -0.15) is 0 Å². The Kier molecular flexibility index (Phi) is 3.13. The second kappa shape index (κ2) is 4.19. The van der Waals surface area contributed by atoms with Gasteiger partial charge in [-0.15, -0.1) is 0 Å². The summed E-state index contributed by atoms with van der Waals surface area (Å²) >= 11 is 0. The van der Waals surface area contributed by atoms with Gasteiger partial charge in [0.05, 0.1) is 6.10 Å². The summed E-state index contributed by atoms with van der Waals surface area (Å²) in [7, 11) is 0. The van der Waals surface area contributed by atoms with Crippen LogP contribution in [0.1, 0.15) is 46.0 Å². The van der Waals surface area contributed by atoms with Gasteiger partial charge in [0, 0.05) is 12.1 Å². The molecule has 0 heterocycles. The Labute approximate surface area is 87.1 Å². The van der Waals surface area contributed by atoms with E-state index in [9.17, 15) is 5.11 Å². The van der Waals surface area contributed by atoms with E-state index in [2.05, 4.69) is 19.2 Å². The van der Waals surface area contributed by atoms with Crippen molar-refractivity contribution in [3.63, 3.8) is 0 Å². The minimum atomic E-state index is -0.112. The van der Waals surface area contributed by atoms with Gasteiger partial charge in [-0.3, -0.25) is 0 Å². The molecule has 0 radical (unpaired) electrons. The van der Waals surface area contributed by atoms with E-state index in [0.29, 0.717) is 12.1 Å². The molecule has 0 bridgehead atoms. The Morgan fingerprint density at radius 3 is 2.36 bits per heavy atom. The van der Waals surface area contributed by atoms with Crippen molar-refractivity contribution in [1.29, 1.82) is 0 Å². The first kappa shape index (κ1) is 10.4. The van der Waals surface area contributed by atoms with Crippen molar-refractivity contribution < 1.29 is 5.11 Å². The van der Waals surface area contributed by atoms with Crippen molar-refractivity contribution in [2.75, 3.05) is 0 Å². The molecule has 0 amide bonds. The summed E-state index contributed by atoms with van der Waals surface area (Å²) in [6.45, 7) is 4.32. The van der Waals surface area contributed by atoms with Crippen molar-refractivity contribution >= 4 is 0 Å². The lowest BCUT2D eigenvalue weighted by Crippen LogP contribution is -2.44. The predicted octanol–water partition coefficient (Wildman–Crippen LogP) is 1.92. The predicted molar refractivity (Wildman–Crippen MR) is 58.1 cm³/mol. The Balaban J connectivity index is 1.86. The van der Waals surface area contributed by atoms with Crippen molar-refractivity contribution in [1.82, 2.24) is 5.32 Å². The summed E-state index contributed by atoms with van der Waals surface area (Å²) in [5.74, 6) is 1.96. The van der Waals surface area contributed by atoms with Crippen LogP contribution in [0.4, 0.5) is 0 Å². The van der Waals surface area contributed by atoms with Gasteiger partial charge in [0.15, 0.2) is 0 Å². The van der Waals surface area contributed by atoms with Crippen LogP contribution in [-0.2, 0) is 0 Å². The summed E-state index contributed by atoms with van der Waals surface area (Å²) in [5, 5.41) is 13.5. The lowest BCUT2D eigenvalue weighted by molar-refractivity contribution is 0.0982. The van der Waals surface area contributed by atoms with Crippen LogP contribution in [0.3, 0.4) is 0 Å². The van der Waals surface area contributed by atoms with Crippen molar-refractivity contribution in [3.8, 4) is 0 Å². The highest BCUT2D eigenvalue weighted by atomic mass is 16.3. The zero-order valence-corrected chi connectivity index (χ0v) is 9.37. The van der Waals surface area contributed by atoms with Gasteiger partial charge in [-0.05, 0) is 43.9 Å². The molecule has 2 nitrogen and oxygen atoms in total. The molecule has 0 saturated heterocycles. The third kappa shape index (κ3) is 2.48. The van der Waals surface area contributed by atoms with E-state index in [4.69, 9.17) is 0 Å². The van der Waals surface area contributed by atoms with E-state index in [1.54, 1.807) is 0 Å². The summed E-state index contributed by atoms with van der Waals surface area (Å²) in [6, 6.07) is 0.834. The third-order valence-electron chi connectivity index (χ3n) is 3.76. The number of fused-ring (bicyclic) bond motifs is 1. The van der Waals surface area contributed by atoms with Crippen LogP contribution in [-0.4, -0.2) is 23.3 Å². The molecule has 0 aromatic carbocycles. The Morgan fingerprint density at radius 2 is 1.71 bits per heavy atom. The van der Waals surface area contributed by atoms with Crippen molar-refractivity contribution in [2.45, 2.75) is 64.1 Å². The number of aliphatic hydroxyl groups is 1. The van der Waals surface area contributed by atoms with Gasteiger partial charge in [-0.25, -0.2) is 0 Å². The maximum atomic E-state index is 10.00. The van der Waals surface area contributed by atoms with Gasteiger partial charge >= 0.3 is 0 Å². The van der Waals surface area contributed by atoms with E-state index in [0.717, 1.165) is 18.3 Å². The highest BCUT2D eigenvalue weighted by Crippen LogP contribution is 2.47. The van der Waals surface area contributed by atoms with E-state index >= 15 is 0 Å². The first-order chi connectivity index (χ1) is 6.66.